The van der Waals surface area contributed by atoms with E-state index in [0.29, 0.717) is 12.2 Å². The van der Waals surface area contributed by atoms with Crippen LogP contribution in [0.1, 0.15) is 41.4 Å². The monoisotopic (exact) mass is 224 g/mol. The molecule has 1 amide bonds. The Balaban J connectivity index is 2.23. The maximum Gasteiger partial charge on any atom is 0.358 e. The standard InChI is InChI=1S/C9H12N4O3/c10-6(14)3-4-13-8(5-1-2-5)7(9(15)16)11-12-13/h5H,1-4H2,(H2,10,14)(H,15,16). The first-order chi connectivity index (χ1) is 7.59. The van der Waals surface area contributed by atoms with Crippen molar-refractivity contribution in [3.8, 4) is 0 Å². The van der Waals surface area contributed by atoms with Crippen LogP contribution in [0.15, 0.2) is 0 Å². The summed E-state index contributed by atoms with van der Waals surface area (Å²) in [4.78, 5) is 21.6. The molecular formula is C9H12N4O3. The molecule has 0 radical (unpaired) electrons. The van der Waals surface area contributed by atoms with E-state index in [1.54, 1.807) is 0 Å². The summed E-state index contributed by atoms with van der Waals surface area (Å²) < 4.78 is 1.48. The van der Waals surface area contributed by atoms with Crippen molar-refractivity contribution in [3.05, 3.63) is 11.4 Å². The van der Waals surface area contributed by atoms with E-state index in [-0.39, 0.29) is 18.0 Å². The third-order valence-corrected chi connectivity index (χ3v) is 2.51. The van der Waals surface area contributed by atoms with Gasteiger partial charge < -0.3 is 10.8 Å². The van der Waals surface area contributed by atoms with E-state index in [0.717, 1.165) is 12.8 Å². The number of carbonyl (C=O) groups excluding carboxylic acids is 1. The van der Waals surface area contributed by atoms with E-state index >= 15 is 0 Å². The van der Waals surface area contributed by atoms with E-state index < -0.39 is 11.9 Å². The Kier molecular flexibility index (Phi) is 2.59. The van der Waals surface area contributed by atoms with Crippen molar-refractivity contribution in [1.29, 1.82) is 0 Å². The predicted molar refractivity (Wildman–Crippen MR) is 52.8 cm³/mol. The van der Waals surface area contributed by atoms with Gasteiger partial charge in [-0.2, -0.15) is 0 Å². The van der Waals surface area contributed by atoms with E-state index in [9.17, 15) is 9.59 Å². The summed E-state index contributed by atoms with van der Waals surface area (Å²) in [5, 5.41) is 16.3. The molecule has 1 aromatic rings. The molecule has 1 fully saturated rings. The average molecular weight is 224 g/mol. The summed E-state index contributed by atoms with van der Waals surface area (Å²) in [5.74, 6) is -1.30. The number of aryl methyl sites for hydroxylation is 1. The number of primary amides is 1. The fourth-order valence-corrected chi connectivity index (χ4v) is 1.61. The molecule has 7 heteroatoms. The van der Waals surface area contributed by atoms with Gasteiger partial charge in [0.1, 0.15) is 0 Å². The molecule has 1 aliphatic carbocycles. The molecule has 86 valence electrons. The summed E-state index contributed by atoms with van der Waals surface area (Å²) >= 11 is 0. The lowest BCUT2D eigenvalue weighted by molar-refractivity contribution is -0.118. The summed E-state index contributed by atoms with van der Waals surface area (Å²) in [6.07, 6.45) is 2.04. The second kappa shape index (κ2) is 3.92. The Morgan fingerprint density at radius 1 is 1.50 bits per heavy atom. The fraction of sp³-hybridized carbons (Fsp3) is 0.556. The van der Waals surface area contributed by atoms with Gasteiger partial charge in [-0.15, -0.1) is 5.10 Å². The van der Waals surface area contributed by atoms with Gasteiger partial charge in [0, 0.05) is 12.3 Å². The van der Waals surface area contributed by atoms with Crippen molar-refractivity contribution in [2.75, 3.05) is 0 Å². The fourth-order valence-electron chi connectivity index (χ4n) is 1.61. The highest BCUT2D eigenvalue weighted by atomic mass is 16.4. The van der Waals surface area contributed by atoms with Crippen molar-refractivity contribution in [1.82, 2.24) is 15.0 Å². The maximum atomic E-state index is 10.9. The maximum absolute atomic E-state index is 10.9. The molecule has 0 atom stereocenters. The van der Waals surface area contributed by atoms with Gasteiger partial charge in [0.25, 0.3) is 0 Å². The van der Waals surface area contributed by atoms with E-state index in [4.69, 9.17) is 10.8 Å². The summed E-state index contributed by atoms with van der Waals surface area (Å²) in [6.45, 7) is 0.293. The first-order valence-electron chi connectivity index (χ1n) is 5.04. The lowest BCUT2D eigenvalue weighted by atomic mass is 10.2. The molecule has 0 spiro atoms. The number of amides is 1. The highest BCUT2D eigenvalue weighted by molar-refractivity contribution is 5.86. The van der Waals surface area contributed by atoms with Crippen LogP contribution in [0.3, 0.4) is 0 Å². The van der Waals surface area contributed by atoms with Gasteiger partial charge in [0.15, 0.2) is 5.69 Å². The molecule has 0 unspecified atom stereocenters. The van der Waals surface area contributed by atoms with Gasteiger partial charge >= 0.3 is 5.97 Å². The van der Waals surface area contributed by atoms with Gasteiger partial charge in [-0.25, -0.2) is 9.48 Å². The lowest BCUT2D eigenvalue weighted by Crippen LogP contribution is -2.16. The molecule has 0 aliphatic heterocycles. The molecule has 16 heavy (non-hydrogen) atoms. The molecule has 1 aliphatic rings. The molecule has 1 aromatic heterocycles. The molecular weight excluding hydrogens is 212 g/mol. The first kappa shape index (κ1) is 10.6. The van der Waals surface area contributed by atoms with Crippen LogP contribution in [-0.2, 0) is 11.3 Å². The molecule has 1 heterocycles. The number of hydrogen-bond donors (Lipinski definition) is 2. The largest absolute Gasteiger partial charge is 0.476 e. The van der Waals surface area contributed by atoms with Crippen LogP contribution in [0.4, 0.5) is 0 Å². The smallest absolute Gasteiger partial charge is 0.358 e. The third kappa shape index (κ3) is 2.02. The van der Waals surface area contributed by atoms with E-state index in [2.05, 4.69) is 10.3 Å². The average Bonchev–Trinajstić information content (AvgIpc) is 2.95. The van der Waals surface area contributed by atoms with Crippen molar-refractivity contribution in [3.63, 3.8) is 0 Å². The van der Waals surface area contributed by atoms with Gasteiger partial charge in [-0.3, -0.25) is 4.79 Å². The number of carbonyl (C=O) groups is 2. The zero-order chi connectivity index (χ0) is 11.7. The molecule has 7 nitrogen and oxygen atoms in total. The minimum Gasteiger partial charge on any atom is -0.476 e. The first-order valence-corrected chi connectivity index (χ1v) is 5.04. The van der Waals surface area contributed by atoms with Crippen LogP contribution < -0.4 is 5.73 Å². The number of rotatable bonds is 5. The summed E-state index contributed by atoms with van der Waals surface area (Å²) in [7, 11) is 0. The summed E-state index contributed by atoms with van der Waals surface area (Å²) in [5.41, 5.74) is 5.64. The number of nitrogens with two attached hydrogens (primary N) is 1. The van der Waals surface area contributed by atoms with Gasteiger partial charge in [-0.05, 0) is 12.8 Å². The number of hydrogen-bond acceptors (Lipinski definition) is 4. The van der Waals surface area contributed by atoms with Crippen LogP contribution in [0, 0.1) is 0 Å². The van der Waals surface area contributed by atoms with Crippen LogP contribution >= 0.6 is 0 Å². The molecule has 0 bridgehead atoms. The zero-order valence-electron chi connectivity index (χ0n) is 8.59. The highest BCUT2D eigenvalue weighted by Gasteiger charge is 2.33. The zero-order valence-corrected chi connectivity index (χ0v) is 8.59. The van der Waals surface area contributed by atoms with Crippen LogP contribution in [0.2, 0.25) is 0 Å². The number of aromatic nitrogens is 3. The topological polar surface area (TPSA) is 111 Å². The van der Waals surface area contributed by atoms with E-state index in [1.165, 1.54) is 4.68 Å². The number of aromatic carboxylic acids is 1. The van der Waals surface area contributed by atoms with Crippen LogP contribution in [0.5, 0.6) is 0 Å². The van der Waals surface area contributed by atoms with Crippen LogP contribution in [0.25, 0.3) is 0 Å². The van der Waals surface area contributed by atoms with Crippen molar-refractivity contribution >= 4 is 11.9 Å². The van der Waals surface area contributed by atoms with Gasteiger partial charge in [-0.1, -0.05) is 5.21 Å². The minimum atomic E-state index is -1.08. The van der Waals surface area contributed by atoms with Crippen molar-refractivity contribution in [2.45, 2.75) is 31.7 Å². The SMILES string of the molecule is NC(=O)CCn1nnc(C(=O)O)c1C1CC1. The Bertz CT molecular complexity index is 436. The second-order valence-electron chi connectivity index (χ2n) is 3.84. The predicted octanol–water partition coefficient (Wildman–Crippen LogP) is -0.271. The van der Waals surface area contributed by atoms with Gasteiger partial charge in [0.2, 0.25) is 5.91 Å². The van der Waals surface area contributed by atoms with Crippen LogP contribution in [-0.4, -0.2) is 32.0 Å². The highest BCUT2D eigenvalue weighted by Crippen LogP contribution is 2.41. The molecule has 3 N–H and O–H groups in total. The molecule has 2 rings (SSSR count). The van der Waals surface area contributed by atoms with Gasteiger partial charge in [0.05, 0.1) is 12.2 Å². The Morgan fingerprint density at radius 3 is 2.69 bits per heavy atom. The Labute approximate surface area is 91.2 Å². The van der Waals surface area contributed by atoms with Crippen molar-refractivity contribution < 1.29 is 14.7 Å². The molecule has 0 saturated heterocycles. The Hall–Kier alpha value is -1.92. The quantitative estimate of drug-likeness (QED) is 0.715. The third-order valence-electron chi connectivity index (χ3n) is 2.51. The molecule has 1 saturated carbocycles. The number of nitrogens with zero attached hydrogens (tertiary/aromatic N) is 3. The normalized spacial score (nSPS) is 15.0. The second-order valence-corrected chi connectivity index (χ2v) is 3.84. The van der Waals surface area contributed by atoms with E-state index in [1.807, 2.05) is 0 Å². The Morgan fingerprint density at radius 2 is 2.19 bits per heavy atom. The summed E-state index contributed by atoms with van der Waals surface area (Å²) in [6, 6.07) is 0. The van der Waals surface area contributed by atoms with Crippen molar-refractivity contribution in [2.24, 2.45) is 5.73 Å². The number of carboxylic acid groups (broad SMARTS) is 1. The number of carboxylic acids is 1. The minimum absolute atomic E-state index is 0.00743. The lowest BCUT2D eigenvalue weighted by Gasteiger charge is -2.03. The molecule has 0 aromatic carbocycles.